The summed E-state index contributed by atoms with van der Waals surface area (Å²) in [6.07, 6.45) is -4.35. The number of nitrogens with zero attached hydrogens (tertiary/aromatic N) is 4. The molecule has 0 radical (unpaired) electrons. The Morgan fingerprint density at radius 1 is 1.00 bits per heavy atom. The van der Waals surface area contributed by atoms with Crippen LogP contribution >= 0.6 is 11.8 Å². The maximum Gasteiger partial charge on any atom is 0.422 e. The second kappa shape index (κ2) is 8.30. The Labute approximate surface area is 157 Å². The number of ether oxygens (including phenoxy) is 2. The number of halogens is 3. The molecule has 3 rings (SSSR count). The molecule has 1 heterocycles. The molecule has 0 aliphatic heterocycles. The molecule has 0 spiro atoms. The van der Waals surface area contributed by atoms with Crippen molar-refractivity contribution in [3.63, 3.8) is 0 Å². The Morgan fingerprint density at radius 3 is 2.30 bits per heavy atom. The van der Waals surface area contributed by atoms with Gasteiger partial charge in [-0.25, -0.2) is 0 Å². The van der Waals surface area contributed by atoms with Crippen molar-refractivity contribution in [2.45, 2.75) is 17.1 Å². The number of hydrogen-bond donors (Lipinski definition) is 0. The first-order valence-electron chi connectivity index (χ1n) is 7.79. The SMILES string of the molecule is COc1ccc(-n2nnnc2SCc2ccc(OCC(F)(F)F)cc2)cc1. The minimum Gasteiger partial charge on any atom is -0.497 e. The number of thioether (sulfide) groups is 1. The van der Waals surface area contributed by atoms with Gasteiger partial charge in [-0.3, -0.25) is 0 Å². The molecule has 0 aliphatic carbocycles. The Hall–Kier alpha value is -2.75. The highest BCUT2D eigenvalue weighted by molar-refractivity contribution is 7.98. The van der Waals surface area contributed by atoms with E-state index in [9.17, 15) is 13.2 Å². The molecule has 142 valence electrons. The van der Waals surface area contributed by atoms with Crippen molar-refractivity contribution in [1.82, 2.24) is 20.2 Å². The van der Waals surface area contributed by atoms with Gasteiger partial charge in [0.15, 0.2) is 6.61 Å². The predicted molar refractivity (Wildman–Crippen MR) is 93.3 cm³/mol. The van der Waals surface area contributed by atoms with Crippen LogP contribution in [0, 0.1) is 0 Å². The van der Waals surface area contributed by atoms with Gasteiger partial charge in [0.05, 0.1) is 12.8 Å². The molecule has 1 aromatic heterocycles. The first kappa shape index (κ1) is 19.0. The maximum absolute atomic E-state index is 12.2. The fourth-order valence-electron chi connectivity index (χ4n) is 2.15. The first-order valence-corrected chi connectivity index (χ1v) is 8.77. The highest BCUT2D eigenvalue weighted by Crippen LogP contribution is 2.25. The predicted octanol–water partition coefficient (Wildman–Crippen LogP) is 3.90. The smallest absolute Gasteiger partial charge is 0.422 e. The van der Waals surface area contributed by atoms with Gasteiger partial charge in [0, 0.05) is 5.75 Å². The number of methoxy groups -OCH3 is 1. The van der Waals surface area contributed by atoms with Crippen LogP contribution in [0.2, 0.25) is 0 Å². The molecular weight excluding hydrogens is 381 g/mol. The van der Waals surface area contributed by atoms with Crippen LogP contribution in [0.25, 0.3) is 5.69 Å². The van der Waals surface area contributed by atoms with Gasteiger partial charge < -0.3 is 9.47 Å². The van der Waals surface area contributed by atoms with Gasteiger partial charge in [-0.15, -0.1) is 5.10 Å². The zero-order valence-corrected chi connectivity index (χ0v) is 15.0. The third kappa shape index (κ3) is 5.36. The van der Waals surface area contributed by atoms with Crippen molar-refractivity contribution in [3.05, 3.63) is 54.1 Å². The van der Waals surface area contributed by atoms with E-state index in [1.807, 2.05) is 24.3 Å². The van der Waals surface area contributed by atoms with E-state index >= 15 is 0 Å². The van der Waals surface area contributed by atoms with Gasteiger partial charge >= 0.3 is 6.18 Å². The molecule has 0 unspecified atom stereocenters. The molecule has 10 heteroatoms. The minimum atomic E-state index is -4.35. The number of hydrogen-bond acceptors (Lipinski definition) is 6. The van der Waals surface area contributed by atoms with Gasteiger partial charge in [0.25, 0.3) is 0 Å². The van der Waals surface area contributed by atoms with Crippen molar-refractivity contribution < 1.29 is 22.6 Å². The van der Waals surface area contributed by atoms with E-state index in [1.54, 1.807) is 23.9 Å². The summed E-state index contributed by atoms with van der Waals surface area (Å²) >= 11 is 1.41. The molecule has 0 atom stereocenters. The van der Waals surface area contributed by atoms with Crippen molar-refractivity contribution in [3.8, 4) is 17.2 Å². The average Bonchev–Trinajstić information content (AvgIpc) is 3.13. The number of rotatable bonds is 7. The lowest BCUT2D eigenvalue weighted by Gasteiger charge is -2.09. The number of alkyl halides is 3. The summed E-state index contributed by atoms with van der Waals surface area (Å²) in [6, 6.07) is 13.7. The molecule has 2 aromatic carbocycles. The highest BCUT2D eigenvalue weighted by atomic mass is 32.2. The monoisotopic (exact) mass is 396 g/mol. The second-order valence-corrected chi connectivity index (χ2v) is 6.35. The first-order chi connectivity index (χ1) is 12.9. The molecule has 0 saturated carbocycles. The van der Waals surface area contributed by atoms with Gasteiger partial charge in [-0.05, 0) is 52.4 Å². The standard InChI is InChI=1S/C17H15F3N4O2S/c1-25-14-8-4-13(5-9-14)24-16(21-22-23-24)27-10-12-2-6-15(7-3-12)26-11-17(18,19)20/h2-9H,10-11H2,1H3. The molecule has 3 aromatic rings. The number of aromatic nitrogens is 4. The van der Waals surface area contributed by atoms with Crippen molar-refractivity contribution in [1.29, 1.82) is 0 Å². The molecule has 0 N–H and O–H groups in total. The van der Waals surface area contributed by atoms with Crippen LogP contribution in [-0.2, 0) is 5.75 Å². The zero-order valence-electron chi connectivity index (χ0n) is 14.2. The summed E-state index contributed by atoms with van der Waals surface area (Å²) in [7, 11) is 1.59. The lowest BCUT2D eigenvalue weighted by molar-refractivity contribution is -0.153. The molecule has 27 heavy (non-hydrogen) atoms. The normalized spacial score (nSPS) is 11.4. The van der Waals surface area contributed by atoms with Crippen LogP contribution in [0.15, 0.2) is 53.7 Å². The van der Waals surface area contributed by atoms with E-state index in [2.05, 4.69) is 15.5 Å². The Morgan fingerprint density at radius 2 is 1.67 bits per heavy atom. The van der Waals surface area contributed by atoms with E-state index in [-0.39, 0.29) is 5.75 Å². The van der Waals surface area contributed by atoms with E-state index in [4.69, 9.17) is 9.47 Å². The minimum absolute atomic E-state index is 0.171. The molecule has 6 nitrogen and oxygen atoms in total. The van der Waals surface area contributed by atoms with Crippen molar-refractivity contribution >= 4 is 11.8 Å². The lowest BCUT2D eigenvalue weighted by Crippen LogP contribution is -2.19. The van der Waals surface area contributed by atoms with Crippen LogP contribution < -0.4 is 9.47 Å². The summed E-state index contributed by atoms with van der Waals surface area (Å²) in [4.78, 5) is 0. The summed E-state index contributed by atoms with van der Waals surface area (Å²) in [5.74, 6) is 1.45. The average molecular weight is 396 g/mol. The Balaban J connectivity index is 1.61. The van der Waals surface area contributed by atoms with Gasteiger partial charge in [0.2, 0.25) is 5.16 Å². The maximum atomic E-state index is 12.2. The Bertz CT molecular complexity index is 867. The zero-order chi connectivity index (χ0) is 19.3. The van der Waals surface area contributed by atoms with Gasteiger partial charge in [0.1, 0.15) is 11.5 Å². The van der Waals surface area contributed by atoms with Crippen LogP contribution in [0.4, 0.5) is 13.2 Å². The van der Waals surface area contributed by atoms with E-state index < -0.39 is 12.8 Å². The van der Waals surface area contributed by atoms with Crippen LogP contribution in [0.5, 0.6) is 11.5 Å². The number of benzene rings is 2. The van der Waals surface area contributed by atoms with Crippen LogP contribution in [-0.4, -0.2) is 40.1 Å². The molecule has 0 bridgehead atoms. The van der Waals surface area contributed by atoms with Crippen LogP contribution in [0.1, 0.15) is 5.56 Å². The fraction of sp³-hybridized carbons (Fsp3) is 0.235. The summed E-state index contributed by atoms with van der Waals surface area (Å²) in [5.41, 5.74) is 1.70. The lowest BCUT2D eigenvalue weighted by atomic mass is 10.2. The Kier molecular flexibility index (Phi) is 5.84. The second-order valence-electron chi connectivity index (χ2n) is 5.41. The van der Waals surface area contributed by atoms with Crippen LogP contribution in [0.3, 0.4) is 0 Å². The highest BCUT2D eigenvalue weighted by Gasteiger charge is 2.28. The molecule has 0 aliphatic rings. The largest absolute Gasteiger partial charge is 0.497 e. The molecule has 0 fully saturated rings. The number of tetrazole rings is 1. The van der Waals surface area contributed by atoms with Crippen molar-refractivity contribution in [2.24, 2.45) is 0 Å². The third-order valence-electron chi connectivity index (χ3n) is 3.45. The quantitative estimate of drug-likeness (QED) is 0.565. The van der Waals surface area contributed by atoms with E-state index in [1.165, 1.54) is 23.9 Å². The summed E-state index contributed by atoms with van der Waals surface area (Å²) in [6.45, 7) is -1.31. The molecular formula is C17H15F3N4O2S. The topological polar surface area (TPSA) is 62.1 Å². The summed E-state index contributed by atoms with van der Waals surface area (Å²) < 4.78 is 47.9. The molecule has 0 saturated heterocycles. The van der Waals surface area contributed by atoms with E-state index in [0.29, 0.717) is 10.9 Å². The fourth-order valence-corrected chi connectivity index (χ4v) is 3.00. The molecule has 0 amide bonds. The third-order valence-corrected chi connectivity index (χ3v) is 4.44. The van der Waals surface area contributed by atoms with Crippen molar-refractivity contribution in [2.75, 3.05) is 13.7 Å². The van der Waals surface area contributed by atoms with Gasteiger partial charge in [-0.2, -0.15) is 17.9 Å². The van der Waals surface area contributed by atoms with Gasteiger partial charge in [-0.1, -0.05) is 23.9 Å². The summed E-state index contributed by atoms with van der Waals surface area (Å²) in [5, 5.41) is 12.3. The van der Waals surface area contributed by atoms with E-state index in [0.717, 1.165) is 17.0 Å².